The van der Waals surface area contributed by atoms with E-state index in [1.165, 1.54) is 0 Å². The van der Waals surface area contributed by atoms with Crippen LogP contribution in [-0.2, 0) is 15.9 Å². The fourth-order valence-electron chi connectivity index (χ4n) is 2.45. The molecule has 0 aromatic heterocycles. The molecule has 2 heterocycles. The maximum atomic E-state index is 11.8. The molecule has 4 unspecified atom stereocenters. The van der Waals surface area contributed by atoms with E-state index in [-0.39, 0.29) is 11.5 Å². The van der Waals surface area contributed by atoms with Gasteiger partial charge in [-0.2, -0.15) is 0 Å². The zero-order valence-electron chi connectivity index (χ0n) is 8.58. The summed E-state index contributed by atoms with van der Waals surface area (Å²) in [5, 5.41) is 0.326. The molecule has 0 bridgehead atoms. The highest BCUT2D eigenvalue weighted by Crippen LogP contribution is 2.47. The third-order valence-corrected chi connectivity index (χ3v) is 5.86. The first-order valence-corrected chi connectivity index (χ1v) is 6.42. The van der Waals surface area contributed by atoms with Crippen molar-refractivity contribution in [3.8, 4) is 0 Å². The van der Waals surface area contributed by atoms with Gasteiger partial charge in [0.05, 0.1) is 6.61 Å². The molecular formula is C10H18O2S. The second kappa shape index (κ2) is 3.14. The summed E-state index contributed by atoms with van der Waals surface area (Å²) in [6, 6.07) is 0. The van der Waals surface area contributed by atoms with Crippen LogP contribution in [0.4, 0.5) is 0 Å². The molecule has 0 amide bonds. The minimum Gasteiger partial charge on any atom is -0.616 e. The van der Waals surface area contributed by atoms with E-state index in [2.05, 4.69) is 20.8 Å². The van der Waals surface area contributed by atoms with Crippen molar-refractivity contribution in [1.29, 1.82) is 0 Å². The minimum absolute atomic E-state index is 0.145. The van der Waals surface area contributed by atoms with Crippen LogP contribution in [0.15, 0.2) is 0 Å². The van der Waals surface area contributed by atoms with Gasteiger partial charge in [-0.1, -0.05) is 20.8 Å². The van der Waals surface area contributed by atoms with E-state index < -0.39 is 11.2 Å². The van der Waals surface area contributed by atoms with Crippen LogP contribution in [0.2, 0.25) is 0 Å². The van der Waals surface area contributed by atoms with Crippen LogP contribution >= 0.6 is 0 Å². The Balaban J connectivity index is 2.23. The van der Waals surface area contributed by atoms with Gasteiger partial charge in [0.2, 0.25) is 0 Å². The number of hydrogen-bond acceptors (Lipinski definition) is 2. The largest absolute Gasteiger partial charge is 0.616 e. The fourth-order valence-corrected chi connectivity index (χ4v) is 4.79. The van der Waals surface area contributed by atoms with Crippen LogP contribution in [0.3, 0.4) is 0 Å². The Morgan fingerprint density at radius 2 is 2.23 bits per heavy atom. The lowest BCUT2D eigenvalue weighted by Crippen LogP contribution is -2.37. The Kier molecular flexibility index (Phi) is 2.37. The molecule has 0 aromatic rings. The molecule has 2 rings (SSSR count). The van der Waals surface area contributed by atoms with Crippen LogP contribution in [0.25, 0.3) is 0 Å². The Morgan fingerprint density at radius 1 is 1.54 bits per heavy atom. The normalized spacial score (nSPS) is 50.1. The number of ether oxygens (including phenoxy) is 1. The van der Waals surface area contributed by atoms with Crippen molar-refractivity contribution in [3.63, 3.8) is 0 Å². The predicted molar refractivity (Wildman–Crippen MR) is 54.1 cm³/mol. The van der Waals surface area contributed by atoms with Crippen LogP contribution < -0.4 is 0 Å². The molecule has 2 aliphatic rings. The van der Waals surface area contributed by atoms with Crippen LogP contribution in [0.5, 0.6) is 0 Å². The van der Waals surface area contributed by atoms with Crippen LogP contribution in [0, 0.1) is 11.3 Å². The minimum atomic E-state index is -0.643. The van der Waals surface area contributed by atoms with Crippen molar-refractivity contribution in [1.82, 2.24) is 0 Å². The van der Waals surface area contributed by atoms with Gasteiger partial charge in [0.25, 0.3) is 0 Å². The summed E-state index contributed by atoms with van der Waals surface area (Å²) < 4.78 is 17.5. The van der Waals surface area contributed by atoms with Crippen molar-refractivity contribution in [3.05, 3.63) is 0 Å². The molecule has 0 saturated carbocycles. The second-order valence-electron chi connectivity index (χ2n) is 4.80. The third-order valence-electron chi connectivity index (χ3n) is 3.80. The Bertz CT molecular complexity index is 207. The lowest BCUT2D eigenvalue weighted by molar-refractivity contribution is 0.00543. The van der Waals surface area contributed by atoms with Crippen molar-refractivity contribution < 1.29 is 9.29 Å². The summed E-state index contributed by atoms with van der Waals surface area (Å²) in [5.74, 6) is 1.39. The standard InChI is InChI=1S/C10H18O2S/c1-7(2)10(3)6-13(11)8-4-5-12-9(8)10/h7-9H,4-6H2,1-3H3. The molecule has 0 aliphatic carbocycles. The topological polar surface area (TPSA) is 32.3 Å². The van der Waals surface area contributed by atoms with Crippen molar-refractivity contribution in [2.24, 2.45) is 11.3 Å². The molecule has 4 atom stereocenters. The summed E-state index contributed by atoms with van der Waals surface area (Å²) >= 11 is -0.643. The summed E-state index contributed by atoms with van der Waals surface area (Å²) in [6.07, 6.45) is 1.26. The Labute approximate surface area is 83.2 Å². The van der Waals surface area contributed by atoms with Crippen molar-refractivity contribution in [2.45, 2.75) is 38.5 Å². The molecule has 0 spiro atoms. The van der Waals surface area contributed by atoms with E-state index in [1.807, 2.05) is 0 Å². The van der Waals surface area contributed by atoms with Gasteiger partial charge < -0.3 is 9.29 Å². The van der Waals surface area contributed by atoms with Gasteiger partial charge in [0.15, 0.2) is 0 Å². The van der Waals surface area contributed by atoms with Gasteiger partial charge >= 0.3 is 0 Å². The number of hydrogen-bond donors (Lipinski definition) is 0. The molecule has 2 saturated heterocycles. The zero-order chi connectivity index (χ0) is 9.64. The lowest BCUT2D eigenvalue weighted by atomic mass is 9.75. The molecule has 0 aromatic carbocycles. The summed E-state index contributed by atoms with van der Waals surface area (Å²) in [5.41, 5.74) is 0.145. The Morgan fingerprint density at radius 3 is 2.85 bits per heavy atom. The highest BCUT2D eigenvalue weighted by atomic mass is 32.2. The van der Waals surface area contributed by atoms with Gasteiger partial charge in [-0.15, -0.1) is 0 Å². The maximum Gasteiger partial charge on any atom is 0.144 e. The average molecular weight is 202 g/mol. The van der Waals surface area contributed by atoms with E-state index in [0.29, 0.717) is 11.2 Å². The highest BCUT2D eigenvalue weighted by Gasteiger charge is 2.58. The SMILES string of the molecule is CC(C)C1(C)C[S+]([O-])C2CCOC21. The monoisotopic (exact) mass is 202 g/mol. The van der Waals surface area contributed by atoms with Gasteiger partial charge in [-0.05, 0) is 17.1 Å². The smallest absolute Gasteiger partial charge is 0.144 e. The molecule has 0 N–H and O–H groups in total. The third kappa shape index (κ3) is 1.32. The summed E-state index contributed by atoms with van der Waals surface area (Å²) in [6.45, 7) is 7.46. The molecule has 2 aliphatic heterocycles. The molecule has 2 nitrogen and oxygen atoms in total. The van der Waals surface area contributed by atoms with Gasteiger partial charge in [-0.25, -0.2) is 0 Å². The molecule has 0 radical (unpaired) electrons. The van der Waals surface area contributed by atoms with Gasteiger partial charge in [0, 0.05) is 11.8 Å². The number of fused-ring (bicyclic) bond motifs is 1. The van der Waals surface area contributed by atoms with E-state index in [0.717, 1.165) is 18.8 Å². The zero-order valence-corrected chi connectivity index (χ0v) is 9.39. The second-order valence-corrected chi connectivity index (χ2v) is 6.46. The molecule has 76 valence electrons. The quantitative estimate of drug-likeness (QED) is 0.605. The molecule has 13 heavy (non-hydrogen) atoms. The molecule has 3 heteroatoms. The highest BCUT2D eigenvalue weighted by molar-refractivity contribution is 7.92. The first-order valence-electron chi connectivity index (χ1n) is 5.04. The predicted octanol–water partition coefficient (Wildman–Crippen LogP) is 1.57. The summed E-state index contributed by atoms with van der Waals surface area (Å²) in [4.78, 5) is 0. The van der Waals surface area contributed by atoms with Crippen molar-refractivity contribution >= 4 is 11.2 Å². The maximum absolute atomic E-state index is 11.8. The molecule has 2 fully saturated rings. The first kappa shape index (κ1) is 9.81. The first-order chi connectivity index (χ1) is 6.05. The fraction of sp³-hybridized carbons (Fsp3) is 1.00. The van der Waals surface area contributed by atoms with Crippen LogP contribution in [-0.4, -0.2) is 28.3 Å². The van der Waals surface area contributed by atoms with Crippen LogP contribution in [0.1, 0.15) is 27.2 Å². The van der Waals surface area contributed by atoms with E-state index in [1.54, 1.807) is 0 Å². The van der Waals surface area contributed by atoms with Gasteiger partial charge in [-0.3, -0.25) is 0 Å². The van der Waals surface area contributed by atoms with E-state index in [9.17, 15) is 4.55 Å². The lowest BCUT2D eigenvalue weighted by Gasteiger charge is -2.30. The number of rotatable bonds is 1. The average Bonchev–Trinajstić information content (AvgIpc) is 2.57. The van der Waals surface area contributed by atoms with E-state index in [4.69, 9.17) is 4.74 Å². The summed E-state index contributed by atoms with van der Waals surface area (Å²) in [7, 11) is 0. The Hall–Kier alpha value is 0.270. The van der Waals surface area contributed by atoms with E-state index >= 15 is 0 Å². The molecular weight excluding hydrogens is 184 g/mol. The van der Waals surface area contributed by atoms with Crippen molar-refractivity contribution in [2.75, 3.05) is 12.4 Å². The van der Waals surface area contributed by atoms with Gasteiger partial charge in [0.1, 0.15) is 17.1 Å².